The molecule has 0 atom stereocenters. The van der Waals surface area contributed by atoms with Crippen LogP contribution >= 0.6 is 47.3 Å². The molecule has 0 aliphatic rings. The second-order valence-electron chi connectivity index (χ2n) is 29.0. The SMILES string of the molecule is CCCCCC.Cc1ccc(-c2ccc(C)cn2)nc1.Cc1ccc(-c2ccc(C)cn2)nc1.F[P-](F)(F)(F)(F)F.F[P-](F)(F)(F)(F)F.Fc1c(F)c(F)c([PH+](CC[PH+](c2c(F)c(F)c(F)c(F)c2F)c2c(F)c(F)c(F)c(F)c2F)c2c(F)c(F)c(F)c(F)c2F)c(F)c1F.Fc1c(F)c(F)c([PH+](CC[PH+](c2c(F)c(F)c(F)c(F)c2F)c2c(F)c(F)c(F)c(F)c2F)c2c(F)c(F)c(F)c(F)c2F)c(F)c1F.[Cu+].[Cu+]. The zero-order valence-electron chi connectivity index (χ0n) is 71.5. The fourth-order valence-electron chi connectivity index (χ4n) is 11.9. The molecule has 0 aliphatic heterocycles. The summed E-state index contributed by atoms with van der Waals surface area (Å²) < 4.78 is 693. The number of aryl methyl sites for hydroxylation is 4. The molecule has 0 unspecified atom stereocenters. The van der Waals surface area contributed by atoms with E-state index in [0.29, 0.717) is 0 Å². The van der Waals surface area contributed by atoms with E-state index in [1.165, 1.54) is 47.9 Å². The van der Waals surface area contributed by atoms with Gasteiger partial charge in [-0.2, -0.15) is 70.2 Å². The third-order valence-corrected chi connectivity index (χ3v) is 30.8. The van der Waals surface area contributed by atoms with Gasteiger partial charge in [-0.25, -0.2) is 105 Å². The molecule has 12 aromatic rings. The van der Waals surface area contributed by atoms with Gasteiger partial charge < -0.3 is 0 Å². The predicted molar refractivity (Wildman–Crippen MR) is 430 cm³/mol. The Kier molecular flexibility index (Phi) is 42.8. The van der Waals surface area contributed by atoms with Gasteiger partial charge in [0.1, 0.15) is 24.6 Å². The Hall–Kier alpha value is -9.66. The average molecular weight is 2390 g/mol. The van der Waals surface area contributed by atoms with Crippen molar-refractivity contribution in [2.75, 3.05) is 24.6 Å². The second kappa shape index (κ2) is 48.5. The minimum atomic E-state index is -10.7. The topological polar surface area (TPSA) is 51.6 Å². The van der Waals surface area contributed by atoms with Crippen molar-refractivity contribution in [1.29, 1.82) is 0 Å². The van der Waals surface area contributed by atoms with E-state index in [4.69, 9.17) is 0 Å². The standard InChI is InChI=1S/2C26H4F20P2.2C12H12N2.C6H14.2Cu.2F6P/c2*27-3-7(31)15(39)23(16(40)8(3)32)47(24-17(41)9(33)4(28)10(34)18(24)42)1-2-48(25-19(43)11(35)5(29)12(36)20(25)44)26-21(45)13(37)6(30)14(38)22(26)46;2*1-9-3-5-11(13-7-9)12-6-4-10(2)8-14-12;1-3-5-6-4-2;;;2*1-7(2,3,4,5)6/h2*1-2H2;2*3-8H,1-2H3;3-6H2,1-2H3;;;;/q;;;;;2*+1;2*-1/p+4. The van der Waals surface area contributed by atoms with Gasteiger partial charge in [0.15, 0.2) is 42.4 Å². The number of pyridine rings is 4. The maximum atomic E-state index is 14.9. The van der Waals surface area contributed by atoms with E-state index < -0.39 is 347 Å². The summed E-state index contributed by atoms with van der Waals surface area (Å²) in [6, 6.07) is 16.2. The Bertz CT molecular complexity index is 5540. The molecule has 64 heteroatoms. The molecule has 0 N–H and O–H groups in total. The summed E-state index contributed by atoms with van der Waals surface area (Å²) in [6.45, 7) is 12.6. The van der Waals surface area contributed by atoms with Gasteiger partial charge in [-0.15, -0.1) is 0 Å². The maximum Gasteiger partial charge on any atom is 1.00 e. The molecule has 0 radical (unpaired) electrons. The van der Waals surface area contributed by atoms with Crippen molar-refractivity contribution < 1.29 is 260 Å². The Balaban J connectivity index is 0.000000414. The number of nitrogens with zero attached hydrogens (tertiary/aromatic N) is 4. The van der Waals surface area contributed by atoms with Crippen molar-refractivity contribution in [3.8, 4) is 22.8 Å². The fourth-order valence-corrected chi connectivity index (χ4v) is 24.9. The minimum Gasteiger partial charge on any atom is -0.200 e. The molecule has 0 saturated heterocycles. The van der Waals surface area contributed by atoms with Crippen molar-refractivity contribution >= 4 is 89.7 Å². The van der Waals surface area contributed by atoms with E-state index in [9.17, 15) is 226 Å². The first-order valence-corrected chi connectivity index (χ1v) is 49.0. The third-order valence-electron chi connectivity index (χ3n) is 18.5. The van der Waals surface area contributed by atoms with Crippen LogP contribution in [0.15, 0.2) is 73.3 Å². The quantitative estimate of drug-likeness (QED) is 0.0202. The van der Waals surface area contributed by atoms with Crippen LogP contribution in [-0.4, -0.2) is 44.6 Å². The molecule has 0 amide bonds. The monoisotopic (exact) mass is 2390 g/mol. The first kappa shape index (κ1) is 129. The van der Waals surface area contributed by atoms with Crippen LogP contribution in [0.3, 0.4) is 0 Å². The summed E-state index contributed by atoms with van der Waals surface area (Å²) in [5.74, 6) is -118. The van der Waals surface area contributed by atoms with E-state index >= 15 is 0 Å². The minimum absolute atomic E-state index is 0. The van der Waals surface area contributed by atoms with E-state index in [0.717, 1.165) is 22.8 Å². The molecular formula is C82H50Cu2F52N4P6+4. The van der Waals surface area contributed by atoms with Gasteiger partial charge in [-0.1, -0.05) is 63.8 Å². The predicted octanol–water partition coefficient (Wildman–Crippen LogP) is 29.9. The molecule has 0 fully saturated rings. The van der Waals surface area contributed by atoms with Crippen molar-refractivity contribution in [2.24, 2.45) is 0 Å². The van der Waals surface area contributed by atoms with Gasteiger partial charge in [-0.3, -0.25) is 19.9 Å². The van der Waals surface area contributed by atoms with Crippen molar-refractivity contribution in [3.63, 3.8) is 0 Å². The van der Waals surface area contributed by atoms with Crippen LogP contribution in [0.5, 0.6) is 0 Å². The number of hydrogen-bond acceptors (Lipinski definition) is 4. The summed E-state index contributed by atoms with van der Waals surface area (Å²) >= 11 is 0. The fraction of sp³-hybridized carbons (Fsp3) is 0.171. The van der Waals surface area contributed by atoms with Gasteiger partial charge in [0.2, 0.25) is 233 Å². The largest absolute Gasteiger partial charge is 1.00 e. The Morgan fingerprint density at radius 2 is 0.260 bits per heavy atom. The number of rotatable bonds is 19. The zero-order chi connectivity index (χ0) is 110. The molecule has 146 heavy (non-hydrogen) atoms. The van der Waals surface area contributed by atoms with Gasteiger partial charge >= 0.3 is 100 Å². The molecule has 0 spiro atoms. The molecule has 4 heterocycles. The van der Waals surface area contributed by atoms with Gasteiger partial charge in [0, 0.05) is 24.8 Å². The zero-order valence-corrected chi connectivity index (χ0v) is 79.2. The third kappa shape index (κ3) is 31.5. The van der Waals surface area contributed by atoms with Gasteiger partial charge in [-0.05, 0) is 74.2 Å². The van der Waals surface area contributed by atoms with Crippen molar-refractivity contribution in [1.82, 2.24) is 19.9 Å². The molecule has 4 nitrogen and oxygen atoms in total. The summed E-state index contributed by atoms with van der Waals surface area (Å²) in [5.41, 5.74) is 8.38. The Labute approximate surface area is 809 Å². The van der Waals surface area contributed by atoms with Crippen LogP contribution in [0.2, 0.25) is 0 Å². The van der Waals surface area contributed by atoms with Crippen molar-refractivity contribution in [2.45, 2.75) is 67.2 Å². The van der Waals surface area contributed by atoms with Crippen LogP contribution < -0.4 is 42.4 Å². The number of hydrogen-bond donors (Lipinski definition) is 0. The second-order valence-corrected chi connectivity index (χ2v) is 42.6. The van der Waals surface area contributed by atoms with Crippen LogP contribution in [-0.2, 0) is 34.1 Å². The molecule has 0 aliphatic carbocycles. The Morgan fingerprint density at radius 1 is 0.171 bits per heavy atom. The van der Waals surface area contributed by atoms with E-state index in [2.05, 4.69) is 33.8 Å². The Morgan fingerprint density at radius 3 is 0.336 bits per heavy atom. The number of benzene rings is 8. The summed E-state index contributed by atoms with van der Waals surface area (Å²) in [5, 5.41) is -18.9. The average Bonchev–Trinajstić information content (AvgIpc) is 0.746. The number of aromatic nitrogens is 4. The van der Waals surface area contributed by atoms with Crippen molar-refractivity contribution in [3.05, 3.63) is 328 Å². The molecule has 4 aromatic heterocycles. The molecular weight excluding hydrogens is 2340 g/mol. The molecule has 0 bridgehead atoms. The van der Waals surface area contributed by atoms with Crippen LogP contribution in [0.25, 0.3) is 22.8 Å². The van der Waals surface area contributed by atoms with Gasteiger partial charge in [0.25, 0.3) is 0 Å². The first-order valence-electron chi connectivity index (χ1n) is 38.1. The van der Waals surface area contributed by atoms with E-state index in [1.807, 2.05) is 101 Å². The first-order chi connectivity index (χ1) is 65.7. The number of halogens is 52. The summed E-state index contributed by atoms with van der Waals surface area (Å²) in [6.07, 6.45) is 5.11. The summed E-state index contributed by atoms with van der Waals surface area (Å²) in [7, 11) is -41.1. The summed E-state index contributed by atoms with van der Waals surface area (Å²) in [4.78, 5) is 17.3. The number of unbranched alkanes of at least 4 members (excludes halogenated alkanes) is 3. The molecule has 810 valence electrons. The molecule has 0 saturated carbocycles. The van der Waals surface area contributed by atoms with Crippen LogP contribution in [0.1, 0.15) is 61.8 Å². The molecule has 12 rings (SSSR count). The van der Waals surface area contributed by atoms with E-state index in [-0.39, 0.29) is 34.1 Å². The maximum absolute atomic E-state index is 14.9. The normalized spacial score (nSPS) is 12.3. The smallest absolute Gasteiger partial charge is 0.200 e. The molecule has 8 aromatic carbocycles. The van der Waals surface area contributed by atoms with Gasteiger partial charge in [0.05, 0.1) is 54.5 Å². The van der Waals surface area contributed by atoms with Crippen LogP contribution in [0, 0.1) is 260 Å². The van der Waals surface area contributed by atoms with Crippen LogP contribution in [0.4, 0.5) is 226 Å². The van der Waals surface area contributed by atoms with E-state index in [1.54, 1.807) is 0 Å².